The Balaban J connectivity index is 2.21. The van der Waals surface area contributed by atoms with Gasteiger partial charge >= 0.3 is 5.97 Å². The van der Waals surface area contributed by atoms with Crippen molar-refractivity contribution in [1.29, 1.82) is 0 Å². The second-order valence-electron chi connectivity index (χ2n) is 3.19. The van der Waals surface area contributed by atoms with E-state index in [0.717, 1.165) is 5.56 Å². The molecule has 4 nitrogen and oxygen atoms in total. The molecule has 4 heteroatoms. The molecule has 0 fully saturated rings. The number of nitrogens with zero attached hydrogens (tertiary/aromatic N) is 1. The van der Waals surface area contributed by atoms with Crippen LogP contribution >= 0.6 is 0 Å². The number of carbonyl (C=O) groups is 1. The Morgan fingerprint density at radius 2 is 2.13 bits per heavy atom. The molecule has 1 unspecified atom stereocenters. The number of rotatable bonds is 2. The van der Waals surface area contributed by atoms with E-state index in [-0.39, 0.29) is 12.1 Å². The van der Waals surface area contributed by atoms with Crippen LogP contribution in [-0.4, -0.2) is 25.5 Å². The van der Waals surface area contributed by atoms with E-state index in [1.807, 2.05) is 30.3 Å². The molecular weight excluding hydrogens is 194 g/mol. The van der Waals surface area contributed by atoms with Crippen LogP contribution in [0.1, 0.15) is 11.7 Å². The summed E-state index contributed by atoms with van der Waals surface area (Å²) in [6.07, 6.45) is 0.942. The predicted molar refractivity (Wildman–Crippen MR) is 54.6 cm³/mol. The van der Waals surface area contributed by atoms with Crippen LogP contribution in [0.3, 0.4) is 0 Å². The summed E-state index contributed by atoms with van der Waals surface area (Å²) in [6, 6.07) is 8.91. The first kappa shape index (κ1) is 9.71. The average Bonchev–Trinajstić information content (AvgIpc) is 2.78. The van der Waals surface area contributed by atoms with Crippen molar-refractivity contribution in [3.05, 3.63) is 35.9 Å². The van der Waals surface area contributed by atoms with E-state index < -0.39 is 6.04 Å². The fourth-order valence-corrected chi connectivity index (χ4v) is 1.53. The molecule has 1 heterocycles. The maximum Gasteiger partial charge on any atom is 0.334 e. The Kier molecular flexibility index (Phi) is 2.67. The molecule has 0 spiro atoms. The molecule has 78 valence electrons. The zero-order chi connectivity index (χ0) is 10.7. The lowest BCUT2D eigenvalue weighted by atomic mass is 10.0. The molecule has 2 rings (SSSR count). The third-order valence-electron chi connectivity index (χ3n) is 2.29. The van der Waals surface area contributed by atoms with Crippen LogP contribution in [0.25, 0.3) is 0 Å². The summed E-state index contributed by atoms with van der Waals surface area (Å²) in [6.45, 7) is 0. The van der Waals surface area contributed by atoms with Crippen molar-refractivity contribution < 1.29 is 14.3 Å². The molecule has 1 aliphatic heterocycles. The van der Waals surface area contributed by atoms with Crippen molar-refractivity contribution in [2.45, 2.75) is 12.1 Å². The molecule has 0 saturated carbocycles. The summed E-state index contributed by atoms with van der Waals surface area (Å²) in [4.78, 5) is 15.3. The summed E-state index contributed by atoms with van der Waals surface area (Å²) < 4.78 is 9.94. The highest BCUT2D eigenvalue weighted by Crippen LogP contribution is 2.27. The third kappa shape index (κ3) is 1.83. The average molecular weight is 205 g/mol. The van der Waals surface area contributed by atoms with Gasteiger partial charge in [-0.25, -0.2) is 9.79 Å². The fourth-order valence-electron chi connectivity index (χ4n) is 1.53. The van der Waals surface area contributed by atoms with E-state index in [2.05, 4.69) is 9.73 Å². The molecule has 1 aromatic rings. The van der Waals surface area contributed by atoms with Gasteiger partial charge in [-0.1, -0.05) is 30.3 Å². The minimum absolute atomic E-state index is 0.362. The zero-order valence-corrected chi connectivity index (χ0v) is 8.29. The summed E-state index contributed by atoms with van der Waals surface area (Å²) in [5.41, 5.74) is 0.922. The number of esters is 1. The largest absolute Gasteiger partial charge is 0.473 e. The van der Waals surface area contributed by atoms with E-state index in [4.69, 9.17) is 4.74 Å². The van der Waals surface area contributed by atoms with E-state index in [1.165, 1.54) is 13.5 Å². The fraction of sp³-hybridized carbons (Fsp3) is 0.273. The molecule has 1 aromatic carbocycles. The highest BCUT2D eigenvalue weighted by atomic mass is 16.5. The van der Waals surface area contributed by atoms with E-state index in [0.29, 0.717) is 0 Å². The second kappa shape index (κ2) is 4.13. The van der Waals surface area contributed by atoms with Crippen LogP contribution in [0.5, 0.6) is 0 Å². The first-order chi connectivity index (χ1) is 7.33. The van der Waals surface area contributed by atoms with Crippen molar-refractivity contribution in [2.75, 3.05) is 7.11 Å². The smallest absolute Gasteiger partial charge is 0.334 e. The van der Waals surface area contributed by atoms with Gasteiger partial charge in [-0.2, -0.15) is 0 Å². The lowest BCUT2D eigenvalue weighted by Gasteiger charge is -2.15. The van der Waals surface area contributed by atoms with Crippen LogP contribution in [0, 0.1) is 0 Å². The molecule has 0 N–H and O–H groups in total. The van der Waals surface area contributed by atoms with Crippen molar-refractivity contribution in [3.63, 3.8) is 0 Å². The van der Waals surface area contributed by atoms with Gasteiger partial charge in [-0.15, -0.1) is 0 Å². The van der Waals surface area contributed by atoms with Crippen molar-refractivity contribution in [2.24, 2.45) is 4.99 Å². The van der Waals surface area contributed by atoms with Crippen molar-refractivity contribution in [1.82, 2.24) is 0 Å². The van der Waals surface area contributed by atoms with Gasteiger partial charge in [0, 0.05) is 0 Å². The van der Waals surface area contributed by atoms with Crippen LogP contribution in [0.15, 0.2) is 35.3 Å². The van der Waals surface area contributed by atoms with Gasteiger partial charge in [0.05, 0.1) is 7.11 Å². The van der Waals surface area contributed by atoms with Gasteiger partial charge in [-0.3, -0.25) is 0 Å². The van der Waals surface area contributed by atoms with Gasteiger partial charge in [-0.05, 0) is 5.56 Å². The van der Waals surface area contributed by atoms with Crippen LogP contribution in [0.4, 0.5) is 0 Å². The lowest BCUT2D eigenvalue weighted by molar-refractivity contribution is -0.143. The number of benzene rings is 1. The van der Waals surface area contributed by atoms with Crippen molar-refractivity contribution in [3.8, 4) is 0 Å². The minimum atomic E-state index is -0.586. The minimum Gasteiger partial charge on any atom is -0.473 e. The third-order valence-corrected chi connectivity index (χ3v) is 2.29. The summed E-state index contributed by atoms with van der Waals surface area (Å²) in [5.74, 6) is -0.377. The predicted octanol–water partition coefficient (Wildman–Crippen LogP) is 1.33. The Bertz CT molecular complexity index is 375. The number of hydrogen-bond donors (Lipinski definition) is 0. The number of aliphatic imine (C=N–C) groups is 1. The van der Waals surface area contributed by atoms with Crippen molar-refractivity contribution >= 4 is 12.4 Å². The summed E-state index contributed by atoms with van der Waals surface area (Å²) in [5, 5.41) is 0. The molecule has 0 radical (unpaired) electrons. The zero-order valence-electron chi connectivity index (χ0n) is 8.29. The summed E-state index contributed by atoms with van der Waals surface area (Å²) in [7, 11) is 1.35. The van der Waals surface area contributed by atoms with Gasteiger partial charge in [0.2, 0.25) is 0 Å². The SMILES string of the molecule is COC(=O)[C@@H]1N=COC1c1ccccc1. The molecule has 0 amide bonds. The first-order valence-corrected chi connectivity index (χ1v) is 4.63. The standard InChI is InChI=1S/C11H11NO3/c1-14-11(13)9-10(15-7-12-9)8-5-3-2-4-6-8/h2-7,9-10H,1H3/t9-,10?/m1/s1. The number of carbonyl (C=O) groups excluding carboxylic acids is 1. The highest BCUT2D eigenvalue weighted by molar-refractivity contribution is 5.80. The molecule has 15 heavy (non-hydrogen) atoms. The molecule has 0 aromatic heterocycles. The quantitative estimate of drug-likeness (QED) is 0.684. The van der Waals surface area contributed by atoms with Gasteiger partial charge in [0.1, 0.15) is 0 Å². The molecule has 1 aliphatic rings. The monoisotopic (exact) mass is 205 g/mol. The molecule has 0 saturated heterocycles. The van der Waals surface area contributed by atoms with E-state index in [9.17, 15) is 4.79 Å². The first-order valence-electron chi connectivity index (χ1n) is 4.63. The molecule has 0 aliphatic carbocycles. The maximum atomic E-state index is 11.4. The Labute approximate surface area is 87.5 Å². The second-order valence-corrected chi connectivity index (χ2v) is 3.19. The number of methoxy groups -OCH3 is 1. The number of ether oxygens (including phenoxy) is 2. The summed E-state index contributed by atoms with van der Waals surface area (Å²) >= 11 is 0. The molecule has 2 atom stereocenters. The van der Waals surface area contributed by atoms with Crippen LogP contribution in [0.2, 0.25) is 0 Å². The Hall–Kier alpha value is -1.84. The highest BCUT2D eigenvalue weighted by Gasteiger charge is 2.34. The topological polar surface area (TPSA) is 47.9 Å². The normalized spacial score (nSPS) is 23.5. The van der Waals surface area contributed by atoms with Gasteiger partial charge < -0.3 is 9.47 Å². The Morgan fingerprint density at radius 3 is 2.80 bits per heavy atom. The molecular formula is C11H11NO3. The Morgan fingerprint density at radius 1 is 1.40 bits per heavy atom. The van der Waals surface area contributed by atoms with Gasteiger partial charge in [0.15, 0.2) is 18.5 Å². The number of hydrogen-bond acceptors (Lipinski definition) is 4. The molecule has 0 bridgehead atoms. The van der Waals surface area contributed by atoms with Gasteiger partial charge in [0.25, 0.3) is 0 Å². The van der Waals surface area contributed by atoms with E-state index >= 15 is 0 Å². The van der Waals surface area contributed by atoms with Crippen LogP contribution in [-0.2, 0) is 14.3 Å². The van der Waals surface area contributed by atoms with E-state index in [1.54, 1.807) is 0 Å². The lowest BCUT2D eigenvalue weighted by Crippen LogP contribution is -2.25. The maximum absolute atomic E-state index is 11.4. The van der Waals surface area contributed by atoms with Crippen LogP contribution < -0.4 is 0 Å².